The minimum absolute atomic E-state index is 0.0311. The molecule has 5 rings (SSSR count). The van der Waals surface area contributed by atoms with E-state index in [1.54, 1.807) is 0 Å². The van der Waals surface area contributed by atoms with Gasteiger partial charge in [-0.1, -0.05) is 24.3 Å². The summed E-state index contributed by atoms with van der Waals surface area (Å²) >= 11 is 0. The lowest BCUT2D eigenvalue weighted by Crippen LogP contribution is -2.27. The molecule has 1 heterocycles. The highest BCUT2D eigenvalue weighted by molar-refractivity contribution is 5.94. The van der Waals surface area contributed by atoms with E-state index in [-0.39, 0.29) is 5.91 Å². The third kappa shape index (κ3) is 6.13. The lowest BCUT2D eigenvalue weighted by atomic mass is 9.99. The number of fused-ring (bicyclic) bond motifs is 3. The van der Waals surface area contributed by atoms with E-state index < -0.39 is 0 Å². The molecule has 4 heteroatoms. The quantitative estimate of drug-likeness (QED) is 0.707. The van der Waals surface area contributed by atoms with Crippen LogP contribution in [-0.2, 0) is 13.0 Å². The SMILES string of the molecule is O=C(NCC1CC1)c1ccc2c(c1)Cc1cccc(c1)CN(CC1CC1)CCCCCO2. The van der Waals surface area contributed by atoms with Crippen molar-refractivity contribution in [3.8, 4) is 5.75 Å². The molecular weight excluding hydrogens is 396 g/mol. The fourth-order valence-corrected chi connectivity index (χ4v) is 4.67. The number of hydrogen-bond donors (Lipinski definition) is 1. The zero-order chi connectivity index (χ0) is 21.8. The zero-order valence-corrected chi connectivity index (χ0v) is 19.2. The van der Waals surface area contributed by atoms with Gasteiger partial charge in [0.05, 0.1) is 6.61 Å². The number of hydrogen-bond acceptors (Lipinski definition) is 3. The molecule has 1 amide bonds. The number of rotatable bonds is 5. The Kier molecular flexibility index (Phi) is 6.77. The van der Waals surface area contributed by atoms with Gasteiger partial charge in [-0.3, -0.25) is 9.69 Å². The Morgan fingerprint density at radius 3 is 2.66 bits per heavy atom. The molecule has 0 atom stereocenters. The van der Waals surface area contributed by atoms with Crippen LogP contribution in [0.5, 0.6) is 5.75 Å². The van der Waals surface area contributed by atoms with E-state index in [1.165, 1.54) is 62.7 Å². The summed E-state index contributed by atoms with van der Waals surface area (Å²) in [5, 5.41) is 3.10. The van der Waals surface area contributed by atoms with Gasteiger partial charge in [0.15, 0.2) is 0 Å². The van der Waals surface area contributed by atoms with Gasteiger partial charge in [0.1, 0.15) is 5.75 Å². The highest BCUT2D eigenvalue weighted by atomic mass is 16.5. The molecule has 2 saturated carbocycles. The van der Waals surface area contributed by atoms with Crippen LogP contribution in [-0.4, -0.2) is 37.0 Å². The van der Waals surface area contributed by atoms with Gasteiger partial charge in [0.2, 0.25) is 0 Å². The Labute approximate surface area is 192 Å². The number of amides is 1. The first-order valence-corrected chi connectivity index (χ1v) is 12.6. The summed E-state index contributed by atoms with van der Waals surface area (Å²) in [5.41, 5.74) is 4.52. The summed E-state index contributed by atoms with van der Waals surface area (Å²) in [5.74, 6) is 2.55. The van der Waals surface area contributed by atoms with Gasteiger partial charge < -0.3 is 10.1 Å². The summed E-state index contributed by atoms with van der Waals surface area (Å²) < 4.78 is 6.20. The standard InChI is InChI=1S/C28H36N2O2/c31-28(29-18-21-7-8-21)25-11-12-27-26(17-25)16-23-5-4-6-24(15-23)20-30(19-22-9-10-22)13-2-1-3-14-32-27/h4-6,11-12,15,17,21-22H,1-3,7-10,13-14,16,18-20H2,(H,29,31). The molecule has 2 aromatic carbocycles. The van der Waals surface area contributed by atoms with Crippen LogP contribution in [0.25, 0.3) is 0 Å². The van der Waals surface area contributed by atoms with Crippen molar-refractivity contribution >= 4 is 5.91 Å². The number of ether oxygens (including phenoxy) is 1. The number of benzene rings is 2. The van der Waals surface area contributed by atoms with Gasteiger partial charge in [-0.25, -0.2) is 0 Å². The van der Waals surface area contributed by atoms with Crippen molar-refractivity contribution in [1.29, 1.82) is 0 Å². The van der Waals surface area contributed by atoms with E-state index in [4.69, 9.17) is 4.74 Å². The molecule has 0 saturated heterocycles. The van der Waals surface area contributed by atoms with Crippen LogP contribution in [0.1, 0.15) is 72.0 Å². The normalized spacial score (nSPS) is 20.0. The zero-order valence-electron chi connectivity index (χ0n) is 19.2. The van der Waals surface area contributed by atoms with E-state index in [1.807, 2.05) is 18.2 Å². The number of nitrogens with one attached hydrogen (secondary N) is 1. The maximum atomic E-state index is 12.7. The van der Waals surface area contributed by atoms with Crippen LogP contribution < -0.4 is 10.1 Å². The molecule has 2 aliphatic carbocycles. The van der Waals surface area contributed by atoms with E-state index in [9.17, 15) is 4.79 Å². The van der Waals surface area contributed by atoms with Crippen molar-refractivity contribution in [3.05, 3.63) is 64.7 Å². The van der Waals surface area contributed by atoms with Gasteiger partial charge in [0, 0.05) is 31.6 Å². The molecule has 1 aliphatic heterocycles. The van der Waals surface area contributed by atoms with Crippen molar-refractivity contribution < 1.29 is 9.53 Å². The third-order valence-corrected chi connectivity index (χ3v) is 6.95. The second kappa shape index (κ2) is 10.1. The van der Waals surface area contributed by atoms with E-state index in [0.717, 1.165) is 55.3 Å². The molecule has 0 radical (unpaired) electrons. The van der Waals surface area contributed by atoms with Crippen molar-refractivity contribution in [2.45, 2.75) is 57.9 Å². The van der Waals surface area contributed by atoms with E-state index >= 15 is 0 Å². The fraction of sp³-hybridized carbons (Fsp3) is 0.536. The molecular formula is C28H36N2O2. The Morgan fingerprint density at radius 2 is 1.81 bits per heavy atom. The highest BCUT2D eigenvalue weighted by Crippen LogP contribution is 2.31. The smallest absolute Gasteiger partial charge is 0.251 e. The largest absolute Gasteiger partial charge is 0.493 e. The lowest BCUT2D eigenvalue weighted by Gasteiger charge is -2.23. The summed E-state index contributed by atoms with van der Waals surface area (Å²) in [7, 11) is 0. The molecule has 2 fully saturated rings. The van der Waals surface area contributed by atoms with Crippen molar-refractivity contribution in [2.75, 3.05) is 26.2 Å². The third-order valence-electron chi connectivity index (χ3n) is 6.95. The van der Waals surface area contributed by atoms with Crippen molar-refractivity contribution in [2.24, 2.45) is 11.8 Å². The van der Waals surface area contributed by atoms with Gasteiger partial charge in [0.25, 0.3) is 5.91 Å². The molecule has 0 unspecified atom stereocenters. The Hall–Kier alpha value is -2.33. The minimum Gasteiger partial charge on any atom is -0.493 e. The molecule has 4 nitrogen and oxygen atoms in total. The Balaban J connectivity index is 1.36. The minimum atomic E-state index is 0.0311. The second-order valence-electron chi connectivity index (χ2n) is 10.1. The topological polar surface area (TPSA) is 41.6 Å². The van der Waals surface area contributed by atoms with Gasteiger partial charge in [-0.2, -0.15) is 0 Å². The van der Waals surface area contributed by atoms with Crippen molar-refractivity contribution in [1.82, 2.24) is 10.2 Å². The first-order chi connectivity index (χ1) is 15.7. The predicted molar refractivity (Wildman–Crippen MR) is 128 cm³/mol. The van der Waals surface area contributed by atoms with Crippen LogP contribution in [0, 0.1) is 11.8 Å². The Morgan fingerprint density at radius 1 is 0.969 bits per heavy atom. The van der Waals surface area contributed by atoms with Crippen LogP contribution >= 0.6 is 0 Å². The highest BCUT2D eigenvalue weighted by Gasteiger charge is 2.24. The maximum Gasteiger partial charge on any atom is 0.251 e. The van der Waals surface area contributed by atoms with Gasteiger partial charge in [-0.05, 0) is 98.2 Å². The lowest BCUT2D eigenvalue weighted by molar-refractivity contribution is 0.0951. The average Bonchev–Trinajstić information content (AvgIpc) is 3.71. The molecule has 0 aromatic heterocycles. The van der Waals surface area contributed by atoms with E-state index in [0.29, 0.717) is 5.92 Å². The number of carbonyl (C=O) groups excluding carboxylic acids is 1. The molecule has 32 heavy (non-hydrogen) atoms. The Bertz CT molecular complexity index is 933. The fourth-order valence-electron chi connectivity index (χ4n) is 4.67. The van der Waals surface area contributed by atoms with Crippen LogP contribution in [0.4, 0.5) is 0 Å². The second-order valence-corrected chi connectivity index (χ2v) is 10.1. The van der Waals surface area contributed by atoms with Crippen LogP contribution in [0.3, 0.4) is 0 Å². The predicted octanol–water partition coefficient (Wildman–Crippen LogP) is 5.19. The molecule has 2 bridgehead atoms. The number of nitrogens with zero attached hydrogens (tertiary/aromatic N) is 1. The summed E-state index contributed by atoms with van der Waals surface area (Å²) in [4.78, 5) is 15.3. The summed E-state index contributed by atoms with van der Waals surface area (Å²) in [6.07, 6.45) is 9.57. The van der Waals surface area contributed by atoms with Crippen LogP contribution in [0.2, 0.25) is 0 Å². The monoisotopic (exact) mass is 432 g/mol. The van der Waals surface area contributed by atoms with Gasteiger partial charge >= 0.3 is 0 Å². The van der Waals surface area contributed by atoms with Crippen LogP contribution in [0.15, 0.2) is 42.5 Å². The molecule has 0 spiro atoms. The molecule has 3 aliphatic rings. The molecule has 1 N–H and O–H groups in total. The van der Waals surface area contributed by atoms with E-state index in [2.05, 4.69) is 34.5 Å². The first-order valence-electron chi connectivity index (χ1n) is 12.6. The first kappa shape index (κ1) is 21.5. The van der Waals surface area contributed by atoms with Crippen molar-refractivity contribution in [3.63, 3.8) is 0 Å². The molecule has 170 valence electrons. The number of carbonyl (C=O) groups is 1. The summed E-state index contributed by atoms with van der Waals surface area (Å²) in [6, 6.07) is 14.9. The maximum absolute atomic E-state index is 12.7. The summed E-state index contributed by atoms with van der Waals surface area (Å²) in [6.45, 7) is 4.99. The molecule has 2 aromatic rings. The average molecular weight is 433 g/mol. The van der Waals surface area contributed by atoms with Gasteiger partial charge in [-0.15, -0.1) is 0 Å².